The fourth-order valence-electron chi connectivity index (χ4n) is 4.39. The highest BCUT2D eigenvalue weighted by atomic mass is 32.1. The van der Waals surface area contributed by atoms with Crippen molar-refractivity contribution in [2.45, 2.75) is 19.4 Å². The molecule has 184 valence electrons. The number of morpholine rings is 1. The highest BCUT2D eigenvalue weighted by Crippen LogP contribution is 2.38. The maximum atomic E-state index is 13.7. The van der Waals surface area contributed by atoms with Crippen LogP contribution in [-0.4, -0.2) is 78.3 Å². The van der Waals surface area contributed by atoms with Crippen LogP contribution in [0.4, 0.5) is 0 Å². The van der Waals surface area contributed by atoms with E-state index in [-0.39, 0.29) is 24.4 Å². The van der Waals surface area contributed by atoms with Gasteiger partial charge >= 0.3 is 0 Å². The van der Waals surface area contributed by atoms with Gasteiger partial charge in [0.2, 0.25) is 0 Å². The fourth-order valence-corrected chi connectivity index (χ4v) is 6.82. The van der Waals surface area contributed by atoms with Crippen LogP contribution in [0.5, 0.6) is 0 Å². The first kappa shape index (κ1) is 24.3. The maximum absolute atomic E-state index is 13.7. The van der Waals surface area contributed by atoms with Crippen molar-refractivity contribution in [3.63, 3.8) is 0 Å². The number of carbonyl (C=O) groups is 2. The predicted molar refractivity (Wildman–Crippen MR) is 142 cm³/mol. The smallest absolute Gasteiger partial charge is 0.264 e. The van der Waals surface area contributed by atoms with Gasteiger partial charge in [-0.05, 0) is 46.8 Å². The van der Waals surface area contributed by atoms with E-state index in [0.29, 0.717) is 37.6 Å². The van der Waals surface area contributed by atoms with Crippen LogP contribution < -0.4 is 0 Å². The van der Waals surface area contributed by atoms with Gasteiger partial charge < -0.3 is 9.64 Å². The van der Waals surface area contributed by atoms with Gasteiger partial charge in [0.05, 0.1) is 34.7 Å². The van der Waals surface area contributed by atoms with Crippen molar-refractivity contribution in [1.29, 1.82) is 0 Å². The van der Waals surface area contributed by atoms with E-state index in [1.807, 2.05) is 35.0 Å². The summed E-state index contributed by atoms with van der Waals surface area (Å²) in [6.07, 6.45) is 0.681. The van der Waals surface area contributed by atoms with E-state index in [4.69, 9.17) is 9.84 Å². The van der Waals surface area contributed by atoms with Crippen LogP contribution in [0.15, 0.2) is 51.6 Å². The van der Waals surface area contributed by atoms with Crippen LogP contribution in [0.3, 0.4) is 0 Å². The van der Waals surface area contributed by atoms with Gasteiger partial charge in [0.1, 0.15) is 6.54 Å². The summed E-state index contributed by atoms with van der Waals surface area (Å²) in [7, 11) is 0. The Labute approximate surface area is 217 Å². The summed E-state index contributed by atoms with van der Waals surface area (Å²) in [4.78, 5) is 33.9. The van der Waals surface area contributed by atoms with Crippen LogP contribution >= 0.6 is 34.0 Å². The first-order valence-electron chi connectivity index (χ1n) is 11.7. The summed E-state index contributed by atoms with van der Waals surface area (Å²) in [5.41, 5.74) is 2.09. The number of thiophene rings is 3. The minimum absolute atomic E-state index is 0.00319. The molecule has 3 aromatic rings. The maximum Gasteiger partial charge on any atom is 0.264 e. The molecule has 1 atom stereocenters. The van der Waals surface area contributed by atoms with Crippen molar-refractivity contribution < 1.29 is 14.3 Å². The van der Waals surface area contributed by atoms with E-state index in [1.54, 1.807) is 32.6 Å². The molecule has 0 bridgehead atoms. The molecule has 0 N–H and O–H groups in total. The molecule has 35 heavy (non-hydrogen) atoms. The Morgan fingerprint density at radius 3 is 2.57 bits per heavy atom. The Morgan fingerprint density at radius 1 is 1.09 bits per heavy atom. The van der Waals surface area contributed by atoms with Crippen LogP contribution in [0.2, 0.25) is 0 Å². The number of hydrazone groups is 1. The molecule has 0 aromatic carbocycles. The van der Waals surface area contributed by atoms with E-state index < -0.39 is 0 Å². The second-order valence-electron chi connectivity index (χ2n) is 8.61. The standard InChI is InChI=1S/C25H28N4O3S3/c1-18-6-15-35-24(18)20-16-19(21-4-2-13-33-21)26-29(20)23(30)17-28(25(31)22-5-3-14-34-22)8-7-27-9-11-32-12-10-27/h2-6,13-15,20H,7-12,16-17H2,1H3/t20-/m1/s1. The summed E-state index contributed by atoms with van der Waals surface area (Å²) in [5, 5.41) is 12.4. The van der Waals surface area contributed by atoms with Crippen LogP contribution in [-0.2, 0) is 9.53 Å². The summed E-state index contributed by atoms with van der Waals surface area (Å²) < 4.78 is 5.45. The topological polar surface area (TPSA) is 65.5 Å². The summed E-state index contributed by atoms with van der Waals surface area (Å²) in [5.74, 6) is -0.256. The van der Waals surface area contributed by atoms with E-state index in [2.05, 4.69) is 23.3 Å². The SMILES string of the molecule is Cc1ccsc1[C@H]1CC(c2cccs2)=NN1C(=O)CN(CCN1CCOCC1)C(=O)c1cccs1. The Bertz CT molecular complexity index is 1170. The lowest BCUT2D eigenvalue weighted by molar-refractivity contribution is -0.133. The number of nitrogens with zero attached hydrogens (tertiary/aromatic N) is 4. The lowest BCUT2D eigenvalue weighted by atomic mass is 10.1. The van der Waals surface area contributed by atoms with E-state index in [1.165, 1.54) is 16.9 Å². The molecular weight excluding hydrogens is 501 g/mol. The van der Waals surface area contributed by atoms with Crippen LogP contribution in [0.1, 0.15) is 37.5 Å². The number of amides is 2. The third-order valence-corrected chi connectivity index (χ3v) is 9.21. The molecule has 0 aliphatic carbocycles. The fraction of sp³-hybridized carbons (Fsp3) is 0.400. The molecular formula is C25H28N4O3S3. The predicted octanol–water partition coefficient (Wildman–Crippen LogP) is 4.33. The van der Waals surface area contributed by atoms with Crippen molar-refractivity contribution in [2.24, 2.45) is 5.10 Å². The monoisotopic (exact) mass is 528 g/mol. The Balaban J connectivity index is 1.37. The highest BCUT2D eigenvalue weighted by Gasteiger charge is 2.36. The molecule has 1 saturated heterocycles. The number of aryl methyl sites for hydroxylation is 1. The number of hydrogen-bond acceptors (Lipinski definition) is 8. The van der Waals surface area contributed by atoms with Crippen molar-refractivity contribution in [2.75, 3.05) is 45.9 Å². The molecule has 5 rings (SSSR count). The Hall–Kier alpha value is -2.37. The van der Waals surface area contributed by atoms with Gasteiger partial charge in [0.15, 0.2) is 0 Å². The lowest BCUT2D eigenvalue weighted by Crippen LogP contribution is -2.46. The van der Waals surface area contributed by atoms with Gasteiger partial charge in [0.25, 0.3) is 11.8 Å². The van der Waals surface area contributed by atoms with Crippen molar-refractivity contribution >= 4 is 51.5 Å². The molecule has 7 nitrogen and oxygen atoms in total. The van der Waals surface area contributed by atoms with E-state index in [9.17, 15) is 9.59 Å². The molecule has 3 aromatic heterocycles. The average Bonchev–Trinajstić information content (AvgIpc) is 3.68. The summed E-state index contributed by atoms with van der Waals surface area (Å²) >= 11 is 4.70. The number of carbonyl (C=O) groups excluding carboxylic acids is 2. The molecule has 10 heteroatoms. The first-order valence-corrected chi connectivity index (χ1v) is 14.3. The van der Waals surface area contributed by atoms with Crippen molar-refractivity contribution in [1.82, 2.24) is 14.8 Å². The van der Waals surface area contributed by atoms with Crippen LogP contribution in [0.25, 0.3) is 0 Å². The number of hydrogen-bond donors (Lipinski definition) is 0. The highest BCUT2D eigenvalue weighted by molar-refractivity contribution is 7.12. The molecule has 0 spiro atoms. The lowest BCUT2D eigenvalue weighted by Gasteiger charge is -2.31. The minimum Gasteiger partial charge on any atom is -0.379 e. The van der Waals surface area contributed by atoms with Gasteiger partial charge in [0, 0.05) is 37.5 Å². The average molecular weight is 529 g/mol. The zero-order chi connectivity index (χ0) is 24.2. The summed E-state index contributed by atoms with van der Waals surface area (Å²) in [6, 6.07) is 9.68. The zero-order valence-electron chi connectivity index (χ0n) is 19.6. The van der Waals surface area contributed by atoms with E-state index >= 15 is 0 Å². The van der Waals surface area contributed by atoms with Gasteiger partial charge in [-0.2, -0.15) is 5.10 Å². The molecule has 0 radical (unpaired) electrons. The second kappa shape index (κ2) is 11.1. The number of rotatable bonds is 8. The Morgan fingerprint density at radius 2 is 1.89 bits per heavy atom. The van der Waals surface area contributed by atoms with Crippen molar-refractivity contribution in [3.8, 4) is 0 Å². The summed E-state index contributed by atoms with van der Waals surface area (Å²) in [6.45, 7) is 6.37. The third kappa shape index (κ3) is 5.57. The van der Waals surface area contributed by atoms with Crippen molar-refractivity contribution in [3.05, 3.63) is 66.7 Å². The second-order valence-corrected chi connectivity index (χ2v) is 11.5. The van der Waals surface area contributed by atoms with Gasteiger partial charge in [-0.3, -0.25) is 14.5 Å². The molecule has 2 amide bonds. The van der Waals surface area contributed by atoms with Crippen LogP contribution in [0, 0.1) is 6.92 Å². The molecule has 2 aliphatic rings. The molecule has 5 heterocycles. The zero-order valence-corrected chi connectivity index (χ0v) is 22.0. The molecule has 2 aliphatic heterocycles. The first-order chi connectivity index (χ1) is 17.1. The van der Waals surface area contributed by atoms with E-state index in [0.717, 1.165) is 28.6 Å². The number of ether oxygens (including phenoxy) is 1. The van der Waals surface area contributed by atoms with Gasteiger partial charge in [-0.1, -0.05) is 12.1 Å². The minimum atomic E-state index is -0.152. The van der Waals surface area contributed by atoms with Gasteiger partial charge in [-0.15, -0.1) is 34.0 Å². The Kier molecular flexibility index (Phi) is 7.74. The molecule has 0 saturated carbocycles. The third-order valence-electron chi connectivity index (χ3n) is 6.31. The van der Waals surface area contributed by atoms with Gasteiger partial charge in [-0.25, -0.2) is 5.01 Å². The largest absolute Gasteiger partial charge is 0.379 e. The molecule has 1 fully saturated rings. The quantitative estimate of drug-likeness (QED) is 0.437. The molecule has 0 unspecified atom stereocenters. The normalized spacial score (nSPS) is 18.6.